The Morgan fingerprint density at radius 3 is 2.93 bits per heavy atom. The predicted molar refractivity (Wildman–Crippen MR) is 50.9 cm³/mol. The number of nitrogens with zero attached hydrogens (tertiary/aromatic N) is 2. The molecule has 2 rings (SSSR count). The molecule has 6 nitrogen and oxygen atoms in total. The van der Waals surface area contributed by atoms with Gasteiger partial charge >= 0.3 is 5.97 Å². The lowest BCUT2D eigenvalue weighted by molar-refractivity contribution is 0.0690. The molecule has 2 N–H and O–H groups in total. The fraction of sp³-hybridized carbons (Fsp3) is 0.556. The van der Waals surface area contributed by atoms with Crippen LogP contribution in [0.4, 0.5) is 6.01 Å². The molecule has 0 radical (unpaired) electrons. The lowest BCUT2D eigenvalue weighted by Crippen LogP contribution is -2.29. The van der Waals surface area contributed by atoms with E-state index >= 15 is 0 Å². The van der Waals surface area contributed by atoms with E-state index in [4.69, 9.17) is 9.52 Å². The lowest BCUT2D eigenvalue weighted by Gasteiger charge is -2.16. The van der Waals surface area contributed by atoms with Gasteiger partial charge in [-0.2, -0.15) is 4.98 Å². The Bertz CT molecular complexity index is 385. The van der Waals surface area contributed by atoms with Gasteiger partial charge in [0.05, 0.1) is 12.1 Å². The average Bonchev–Trinajstić information content (AvgIpc) is 2.70. The molecule has 0 saturated carbocycles. The zero-order valence-corrected chi connectivity index (χ0v) is 8.30. The number of aromatic nitrogens is 1. The third kappa shape index (κ3) is 1.94. The van der Waals surface area contributed by atoms with E-state index in [2.05, 4.69) is 4.98 Å². The lowest BCUT2D eigenvalue weighted by atomic mass is 10.1. The molecule has 1 atom stereocenters. The van der Waals surface area contributed by atoms with Crippen molar-refractivity contribution in [1.29, 1.82) is 0 Å². The maximum absolute atomic E-state index is 10.6. The Balaban J connectivity index is 2.14. The van der Waals surface area contributed by atoms with Crippen LogP contribution in [0.15, 0.2) is 10.7 Å². The van der Waals surface area contributed by atoms with E-state index in [1.165, 1.54) is 0 Å². The SMILES string of the molecule is CC1(O)CCN(c2nc(C(=O)O)co2)C1. The van der Waals surface area contributed by atoms with Gasteiger partial charge in [-0.05, 0) is 13.3 Å². The smallest absolute Gasteiger partial charge is 0.357 e. The van der Waals surface area contributed by atoms with E-state index < -0.39 is 11.6 Å². The van der Waals surface area contributed by atoms with Crippen molar-refractivity contribution in [2.45, 2.75) is 18.9 Å². The molecule has 1 aliphatic heterocycles. The molecule has 15 heavy (non-hydrogen) atoms. The van der Waals surface area contributed by atoms with Crippen molar-refractivity contribution < 1.29 is 19.4 Å². The third-order valence-corrected chi connectivity index (χ3v) is 2.43. The first-order valence-electron chi connectivity index (χ1n) is 4.64. The van der Waals surface area contributed by atoms with Gasteiger partial charge in [0.15, 0.2) is 5.69 Å². The summed E-state index contributed by atoms with van der Waals surface area (Å²) in [6.45, 7) is 2.76. The van der Waals surface area contributed by atoms with Gasteiger partial charge in [-0.1, -0.05) is 0 Å². The van der Waals surface area contributed by atoms with Crippen molar-refractivity contribution in [3.8, 4) is 0 Å². The number of aromatic carboxylic acids is 1. The van der Waals surface area contributed by atoms with Crippen molar-refractivity contribution in [3.63, 3.8) is 0 Å². The Hall–Kier alpha value is -1.56. The quantitative estimate of drug-likeness (QED) is 0.734. The molecular formula is C9H12N2O4. The first-order chi connectivity index (χ1) is 6.98. The van der Waals surface area contributed by atoms with Crippen LogP contribution in [-0.4, -0.2) is 39.9 Å². The Morgan fingerprint density at radius 2 is 2.47 bits per heavy atom. The Morgan fingerprint density at radius 1 is 1.73 bits per heavy atom. The van der Waals surface area contributed by atoms with E-state index in [1.54, 1.807) is 11.8 Å². The highest BCUT2D eigenvalue weighted by Gasteiger charge is 2.33. The minimum Gasteiger partial charge on any atom is -0.476 e. The largest absolute Gasteiger partial charge is 0.476 e. The fourth-order valence-corrected chi connectivity index (χ4v) is 1.62. The molecule has 0 spiro atoms. The topological polar surface area (TPSA) is 86.8 Å². The van der Waals surface area contributed by atoms with Gasteiger partial charge < -0.3 is 19.5 Å². The zero-order chi connectivity index (χ0) is 11.1. The van der Waals surface area contributed by atoms with Gasteiger partial charge in [0, 0.05) is 6.54 Å². The van der Waals surface area contributed by atoms with Crippen LogP contribution in [0.1, 0.15) is 23.8 Å². The molecule has 1 aromatic heterocycles. The number of rotatable bonds is 2. The fourth-order valence-electron chi connectivity index (χ4n) is 1.62. The van der Waals surface area contributed by atoms with Gasteiger partial charge in [-0.15, -0.1) is 0 Å². The summed E-state index contributed by atoms with van der Waals surface area (Å²) in [5.74, 6) is -1.11. The summed E-state index contributed by atoms with van der Waals surface area (Å²) in [6.07, 6.45) is 1.72. The number of carbonyl (C=O) groups is 1. The molecule has 1 aliphatic rings. The second kappa shape index (κ2) is 3.23. The minimum absolute atomic E-state index is 0.114. The molecule has 1 aromatic rings. The summed E-state index contributed by atoms with van der Waals surface area (Å²) in [7, 11) is 0. The van der Waals surface area contributed by atoms with Crippen molar-refractivity contribution in [1.82, 2.24) is 4.98 Å². The number of carboxylic acid groups (broad SMARTS) is 1. The van der Waals surface area contributed by atoms with Crippen molar-refractivity contribution in [2.75, 3.05) is 18.0 Å². The second-order valence-electron chi connectivity index (χ2n) is 3.99. The maximum atomic E-state index is 10.6. The first kappa shape index (κ1) is 9.97. The molecule has 0 bridgehead atoms. The van der Waals surface area contributed by atoms with E-state index in [1.807, 2.05) is 0 Å². The number of anilines is 1. The van der Waals surface area contributed by atoms with Gasteiger partial charge in [0.1, 0.15) is 6.26 Å². The number of hydrogen-bond acceptors (Lipinski definition) is 5. The molecule has 1 fully saturated rings. The highest BCUT2D eigenvalue weighted by Crippen LogP contribution is 2.25. The van der Waals surface area contributed by atoms with E-state index in [0.717, 1.165) is 6.26 Å². The van der Waals surface area contributed by atoms with Crippen molar-refractivity contribution >= 4 is 12.0 Å². The summed E-state index contributed by atoms with van der Waals surface area (Å²) in [4.78, 5) is 16.1. The molecular weight excluding hydrogens is 200 g/mol. The third-order valence-electron chi connectivity index (χ3n) is 2.43. The second-order valence-corrected chi connectivity index (χ2v) is 3.99. The normalized spacial score (nSPS) is 25.9. The molecule has 1 saturated heterocycles. The molecule has 0 amide bonds. The summed E-state index contributed by atoms with van der Waals surface area (Å²) in [5, 5.41) is 18.4. The maximum Gasteiger partial charge on any atom is 0.357 e. The van der Waals surface area contributed by atoms with Crippen LogP contribution in [0.2, 0.25) is 0 Å². The van der Waals surface area contributed by atoms with Crippen molar-refractivity contribution in [3.05, 3.63) is 12.0 Å². The number of carboxylic acids is 1. The highest BCUT2D eigenvalue weighted by atomic mass is 16.4. The molecule has 6 heteroatoms. The summed E-state index contributed by atoms with van der Waals surface area (Å²) >= 11 is 0. The molecule has 0 aliphatic carbocycles. The highest BCUT2D eigenvalue weighted by molar-refractivity contribution is 5.85. The first-order valence-corrected chi connectivity index (χ1v) is 4.64. The summed E-state index contributed by atoms with van der Waals surface area (Å²) < 4.78 is 5.03. The van der Waals surface area contributed by atoms with Gasteiger partial charge in [0.25, 0.3) is 6.01 Å². The van der Waals surface area contributed by atoms with Crippen LogP contribution in [0, 0.1) is 0 Å². The number of oxazole rings is 1. The number of aliphatic hydroxyl groups is 1. The molecule has 0 aromatic carbocycles. The molecule has 2 heterocycles. The van der Waals surface area contributed by atoms with Crippen LogP contribution in [-0.2, 0) is 0 Å². The Labute approximate surface area is 86.1 Å². The summed E-state index contributed by atoms with van der Waals surface area (Å²) in [5.41, 5.74) is -0.866. The number of hydrogen-bond donors (Lipinski definition) is 2. The zero-order valence-electron chi connectivity index (χ0n) is 8.30. The van der Waals surface area contributed by atoms with E-state index in [-0.39, 0.29) is 11.7 Å². The molecule has 82 valence electrons. The summed E-state index contributed by atoms with van der Waals surface area (Å²) in [6, 6.07) is 0.255. The van der Waals surface area contributed by atoms with Crippen LogP contribution in [0.3, 0.4) is 0 Å². The standard InChI is InChI=1S/C9H12N2O4/c1-9(14)2-3-11(5-9)8-10-6(4-15-8)7(12)13/h4,14H,2-3,5H2,1H3,(H,12,13). The average molecular weight is 212 g/mol. The van der Waals surface area contributed by atoms with Crippen molar-refractivity contribution in [2.24, 2.45) is 0 Å². The monoisotopic (exact) mass is 212 g/mol. The predicted octanol–water partition coefficient (Wildman–Crippen LogP) is 0.334. The Kier molecular flexibility index (Phi) is 2.15. The van der Waals surface area contributed by atoms with E-state index in [0.29, 0.717) is 19.5 Å². The van der Waals surface area contributed by atoms with E-state index in [9.17, 15) is 9.90 Å². The van der Waals surface area contributed by atoms with Gasteiger partial charge in [-0.25, -0.2) is 4.79 Å². The van der Waals surface area contributed by atoms with Gasteiger partial charge in [-0.3, -0.25) is 0 Å². The molecule has 1 unspecified atom stereocenters. The minimum atomic E-state index is -1.11. The van der Waals surface area contributed by atoms with Crippen LogP contribution >= 0.6 is 0 Å². The van der Waals surface area contributed by atoms with Gasteiger partial charge in [0.2, 0.25) is 0 Å². The van der Waals surface area contributed by atoms with Crippen LogP contribution < -0.4 is 4.90 Å². The van der Waals surface area contributed by atoms with Crippen LogP contribution in [0.25, 0.3) is 0 Å². The number of β-amino-alcohol motifs (C(OH)–C–C–N with tert-alkyl or cyclic N) is 1. The van der Waals surface area contributed by atoms with Crippen LogP contribution in [0.5, 0.6) is 0 Å².